The van der Waals surface area contributed by atoms with Crippen molar-refractivity contribution in [1.29, 1.82) is 0 Å². The van der Waals surface area contributed by atoms with Crippen molar-refractivity contribution in [3.05, 3.63) is 23.9 Å². The molecule has 0 aromatic carbocycles. The number of hydrogen-bond acceptors (Lipinski definition) is 5. The van der Waals surface area contributed by atoms with Gasteiger partial charge in [0.2, 0.25) is 0 Å². The summed E-state index contributed by atoms with van der Waals surface area (Å²) in [6, 6.07) is 3.24. The minimum atomic E-state index is -1.07. The Morgan fingerprint density at radius 3 is 2.69 bits per heavy atom. The van der Waals surface area contributed by atoms with Crippen LogP contribution in [0.3, 0.4) is 0 Å². The lowest BCUT2D eigenvalue weighted by Gasteiger charge is -2.16. The van der Waals surface area contributed by atoms with E-state index in [1.807, 2.05) is 0 Å². The molecule has 1 heterocycles. The third kappa shape index (κ3) is 2.15. The van der Waals surface area contributed by atoms with Gasteiger partial charge in [0.15, 0.2) is 0 Å². The fourth-order valence-corrected chi connectivity index (χ4v) is 1.02. The highest BCUT2D eigenvalue weighted by Crippen LogP contribution is 2.20. The average Bonchev–Trinajstić information content (AvgIpc) is 2.16. The van der Waals surface area contributed by atoms with Crippen LogP contribution in [0.5, 0.6) is 0 Å². The molecule has 0 aliphatic heterocycles. The van der Waals surface area contributed by atoms with Crippen molar-refractivity contribution in [1.82, 2.24) is 4.98 Å². The van der Waals surface area contributed by atoms with Crippen molar-refractivity contribution in [3.63, 3.8) is 0 Å². The molecule has 0 saturated heterocycles. The summed E-state index contributed by atoms with van der Waals surface area (Å²) >= 11 is 0. The normalized spacial score (nSPS) is 15.3. The number of nitrogen functional groups attached to an aromatic ring is 1. The van der Waals surface area contributed by atoms with Crippen molar-refractivity contribution in [2.75, 3.05) is 12.3 Å². The van der Waals surface area contributed by atoms with Gasteiger partial charge in [0.1, 0.15) is 11.9 Å². The van der Waals surface area contributed by atoms with E-state index in [2.05, 4.69) is 4.98 Å². The van der Waals surface area contributed by atoms with E-state index in [0.717, 1.165) is 0 Å². The Labute approximate surface area is 76.0 Å². The molecule has 2 unspecified atom stereocenters. The van der Waals surface area contributed by atoms with E-state index in [1.165, 1.54) is 6.20 Å². The first-order valence-electron chi connectivity index (χ1n) is 3.93. The Bertz CT molecular complexity index is 280. The van der Waals surface area contributed by atoms with Gasteiger partial charge in [-0.2, -0.15) is 0 Å². The third-order valence-electron chi connectivity index (χ3n) is 1.80. The van der Waals surface area contributed by atoms with E-state index in [9.17, 15) is 10.2 Å². The fraction of sp³-hybridized carbons (Fsp3) is 0.375. The fourth-order valence-electron chi connectivity index (χ4n) is 1.02. The van der Waals surface area contributed by atoms with Crippen LogP contribution in [0.1, 0.15) is 11.7 Å². The molecule has 0 bridgehead atoms. The highest BCUT2D eigenvalue weighted by molar-refractivity contribution is 5.40. The molecule has 1 aromatic heterocycles. The van der Waals surface area contributed by atoms with Crippen molar-refractivity contribution >= 4 is 5.82 Å². The molecule has 2 atom stereocenters. The zero-order chi connectivity index (χ0) is 9.84. The summed E-state index contributed by atoms with van der Waals surface area (Å²) in [7, 11) is 0. The Balaban J connectivity index is 2.88. The number of anilines is 1. The van der Waals surface area contributed by atoms with Gasteiger partial charge >= 0.3 is 0 Å². The molecule has 0 amide bonds. The van der Waals surface area contributed by atoms with Gasteiger partial charge in [0.05, 0.1) is 6.10 Å². The number of aliphatic hydroxyl groups excluding tert-OH is 2. The Morgan fingerprint density at radius 2 is 2.15 bits per heavy atom. The number of rotatable bonds is 3. The van der Waals surface area contributed by atoms with Crippen LogP contribution in [0, 0.1) is 0 Å². The molecule has 5 nitrogen and oxygen atoms in total. The summed E-state index contributed by atoms with van der Waals surface area (Å²) in [4.78, 5) is 3.78. The third-order valence-corrected chi connectivity index (χ3v) is 1.80. The molecule has 0 aliphatic rings. The molecule has 13 heavy (non-hydrogen) atoms. The second kappa shape index (κ2) is 4.18. The van der Waals surface area contributed by atoms with Crippen LogP contribution in [-0.2, 0) is 0 Å². The Morgan fingerprint density at radius 1 is 1.46 bits per heavy atom. The number of aromatic nitrogens is 1. The van der Waals surface area contributed by atoms with Crippen LogP contribution in [0.4, 0.5) is 5.82 Å². The van der Waals surface area contributed by atoms with Crippen molar-refractivity contribution in [3.8, 4) is 0 Å². The molecule has 0 saturated carbocycles. The topological polar surface area (TPSA) is 105 Å². The monoisotopic (exact) mass is 183 g/mol. The van der Waals surface area contributed by atoms with Gasteiger partial charge in [-0.25, -0.2) is 4.98 Å². The van der Waals surface area contributed by atoms with E-state index in [1.54, 1.807) is 12.1 Å². The van der Waals surface area contributed by atoms with Gasteiger partial charge < -0.3 is 21.7 Å². The molecule has 6 N–H and O–H groups in total. The molecule has 0 spiro atoms. The predicted octanol–water partition coefficient (Wildman–Crippen LogP) is -0.983. The van der Waals surface area contributed by atoms with E-state index in [0.29, 0.717) is 5.56 Å². The van der Waals surface area contributed by atoms with Crippen LogP contribution in [-0.4, -0.2) is 27.8 Å². The average molecular weight is 183 g/mol. The minimum absolute atomic E-state index is 0.0184. The molecule has 1 rings (SSSR count). The molecule has 0 fully saturated rings. The lowest BCUT2D eigenvalue weighted by atomic mass is 10.1. The van der Waals surface area contributed by atoms with Crippen molar-refractivity contribution in [2.24, 2.45) is 5.73 Å². The van der Waals surface area contributed by atoms with Gasteiger partial charge in [-0.15, -0.1) is 0 Å². The lowest BCUT2D eigenvalue weighted by molar-refractivity contribution is 0.0246. The van der Waals surface area contributed by atoms with Crippen LogP contribution in [0.15, 0.2) is 18.3 Å². The maximum absolute atomic E-state index is 9.52. The minimum Gasteiger partial charge on any atom is -0.389 e. The van der Waals surface area contributed by atoms with Crippen molar-refractivity contribution in [2.45, 2.75) is 12.2 Å². The molecule has 1 aromatic rings. The largest absolute Gasteiger partial charge is 0.389 e. The van der Waals surface area contributed by atoms with Crippen molar-refractivity contribution < 1.29 is 10.2 Å². The highest BCUT2D eigenvalue weighted by Gasteiger charge is 2.18. The Hall–Kier alpha value is -1.17. The van der Waals surface area contributed by atoms with Gasteiger partial charge in [-0.1, -0.05) is 6.07 Å². The van der Waals surface area contributed by atoms with Gasteiger partial charge in [0.25, 0.3) is 0 Å². The first-order valence-corrected chi connectivity index (χ1v) is 3.93. The van der Waals surface area contributed by atoms with Gasteiger partial charge in [-0.05, 0) is 6.07 Å². The first kappa shape index (κ1) is 9.91. The first-order chi connectivity index (χ1) is 6.16. The predicted molar refractivity (Wildman–Crippen MR) is 48.7 cm³/mol. The summed E-state index contributed by atoms with van der Waals surface area (Å²) in [6.07, 6.45) is -0.564. The number of pyridine rings is 1. The second-order valence-electron chi connectivity index (χ2n) is 2.73. The molecule has 72 valence electrons. The summed E-state index contributed by atoms with van der Waals surface area (Å²) in [5.74, 6) is 0.211. The number of nitrogens with two attached hydrogens (primary N) is 2. The summed E-state index contributed by atoms with van der Waals surface area (Å²) in [5, 5.41) is 18.8. The molecule has 0 radical (unpaired) electrons. The van der Waals surface area contributed by atoms with E-state index < -0.39 is 12.2 Å². The highest BCUT2D eigenvalue weighted by atomic mass is 16.3. The SMILES string of the molecule is NCC(O)C(O)c1cccnc1N. The Kier molecular flexibility index (Phi) is 3.18. The zero-order valence-corrected chi connectivity index (χ0v) is 7.09. The maximum atomic E-state index is 9.52. The zero-order valence-electron chi connectivity index (χ0n) is 7.09. The van der Waals surface area contributed by atoms with Crippen LogP contribution in [0.25, 0.3) is 0 Å². The summed E-state index contributed by atoms with van der Waals surface area (Å²) in [6.45, 7) is -0.0184. The molecule has 0 aliphatic carbocycles. The van der Waals surface area contributed by atoms with Gasteiger partial charge in [0, 0.05) is 18.3 Å². The number of nitrogens with zero attached hydrogens (tertiary/aromatic N) is 1. The smallest absolute Gasteiger partial charge is 0.129 e. The van der Waals surface area contributed by atoms with Crippen LogP contribution in [0.2, 0.25) is 0 Å². The summed E-state index contributed by atoms with van der Waals surface area (Å²) in [5.41, 5.74) is 11.1. The van der Waals surface area contributed by atoms with Crippen LogP contribution >= 0.6 is 0 Å². The van der Waals surface area contributed by atoms with Crippen LogP contribution < -0.4 is 11.5 Å². The standard InChI is InChI=1S/C8H13N3O2/c9-4-6(12)7(13)5-2-1-3-11-8(5)10/h1-3,6-7,12-13H,4,9H2,(H2,10,11). The number of aliphatic hydroxyl groups is 2. The van der Waals surface area contributed by atoms with E-state index >= 15 is 0 Å². The molecular weight excluding hydrogens is 170 g/mol. The van der Waals surface area contributed by atoms with Gasteiger partial charge in [-0.3, -0.25) is 0 Å². The lowest BCUT2D eigenvalue weighted by Crippen LogP contribution is -2.27. The quantitative estimate of drug-likeness (QED) is 0.482. The number of hydrogen-bond donors (Lipinski definition) is 4. The van der Waals surface area contributed by atoms with E-state index in [-0.39, 0.29) is 12.4 Å². The molecular formula is C8H13N3O2. The van der Waals surface area contributed by atoms with E-state index in [4.69, 9.17) is 11.5 Å². The molecule has 5 heteroatoms. The maximum Gasteiger partial charge on any atom is 0.129 e. The second-order valence-corrected chi connectivity index (χ2v) is 2.73. The summed E-state index contributed by atoms with van der Waals surface area (Å²) < 4.78 is 0.